The lowest BCUT2D eigenvalue weighted by Gasteiger charge is -2.26. The number of hydrogen-bond acceptors (Lipinski definition) is 4. The molecule has 1 aliphatic heterocycles. The Morgan fingerprint density at radius 2 is 1.65 bits per heavy atom. The quantitative estimate of drug-likeness (QED) is 0.436. The van der Waals surface area contributed by atoms with Crippen molar-refractivity contribution >= 4 is 5.91 Å². The molecule has 5 rings (SSSR count). The lowest BCUT2D eigenvalue weighted by atomic mass is 10.1. The molecule has 0 spiro atoms. The van der Waals surface area contributed by atoms with Gasteiger partial charge in [0.05, 0.1) is 11.3 Å². The summed E-state index contributed by atoms with van der Waals surface area (Å²) in [7, 11) is 0. The Bertz CT molecular complexity index is 1210. The smallest absolute Gasteiger partial charge is 0.255 e. The van der Waals surface area contributed by atoms with Crippen LogP contribution in [-0.4, -0.2) is 38.7 Å². The number of piperidine rings is 1. The first-order valence-electron chi connectivity index (χ1n) is 11.9. The highest BCUT2D eigenvalue weighted by molar-refractivity contribution is 5.99. The fourth-order valence-corrected chi connectivity index (χ4v) is 4.38. The van der Waals surface area contributed by atoms with Crippen molar-refractivity contribution in [3.8, 4) is 16.9 Å². The van der Waals surface area contributed by atoms with Gasteiger partial charge in [-0.05, 0) is 61.3 Å². The summed E-state index contributed by atoms with van der Waals surface area (Å²) in [5.41, 5.74) is 5.25. The number of benzene rings is 2. The number of carbonyl (C=O) groups is 1. The molecular formula is C28H29N5O. The maximum absolute atomic E-state index is 13.2. The number of aromatic nitrogens is 3. The third kappa shape index (κ3) is 5.24. The zero-order valence-corrected chi connectivity index (χ0v) is 19.2. The van der Waals surface area contributed by atoms with E-state index in [0.717, 1.165) is 23.4 Å². The van der Waals surface area contributed by atoms with E-state index >= 15 is 0 Å². The predicted molar refractivity (Wildman–Crippen MR) is 134 cm³/mol. The van der Waals surface area contributed by atoms with Crippen LogP contribution in [0.1, 0.15) is 40.7 Å². The standard InChI is InChI=1S/C28H29N5O/c34-28(30-18-22-11-13-23(14-12-22)20-32-16-5-2-6-17-32)26-21-33(25-9-3-1-4-10-25)31-27(26)24-8-7-15-29-19-24/h1,3-4,7-15,19,21H,2,5-6,16-18,20H2,(H,30,34). The van der Waals surface area contributed by atoms with E-state index in [-0.39, 0.29) is 5.91 Å². The zero-order chi connectivity index (χ0) is 23.2. The normalized spacial score (nSPS) is 14.1. The molecule has 0 atom stereocenters. The SMILES string of the molecule is O=C(NCc1ccc(CN2CCCCC2)cc1)c1cn(-c2ccccc2)nc1-c1cccnc1. The number of carbonyl (C=O) groups excluding carboxylic acids is 1. The molecule has 1 N–H and O–H groups in total. The number of nitrogens with zero attached hydrogens (tertiary/aromatic N) is 4. The van der Waals surface area contributed by atoms with E-state index in [1.54, 1.807) is 23.3 Å². The molecule has 3 heterocycles. The molecule has 6 heteroatoms. The Morgan fingerprint density at radius 1 is 0.882 bits per heavy atom. The minimum absolute atomic E-state index is 0.154. The number of rotatable bonds is 7. The lowest BCUT2D eigenvalue weighted by molar-refractivity contribution is 0.0951. The predicted octanol–water partition coefficient (Wildman–Crippen LogP) is 4.85. The molecule has 1 aliphatic rings. The van der Waals surface area contributed by atoms with E-state index in [1.165, 1.54) is 37.9 Å². The fourth-order valence-electron chi connectivity index (χ4n) is 4.38. The topological polar surface area (TPSA) is 63.1 Å². The van der Waals surface area contributed by atoms with Crippen LogP contribution in [0.4, 0.5) is 0 Å². The van der Waals surface area contributed by atoms with Crippen LogP contribution in [-0.2, 0) is 13.1 Å². The second kappa shape index (κ2) is 10.4. The van der Waals surface area contributed by atoms with Crippen molar-refractivity contribution in [3.05, 3.63) is 102 Å². The van der Waals surface area contributed by atoms with Gasteiger partial charge in [-0.15, -0.1) is 0 Å². The van der Waals surface area contributed by atoms with Crippen molar-refractivity contribution in [2.75, 3.05) is 13.1 Å². The van der Waals surface area contributed by atoms with E-state index in [9.17, 15) is 4.79 Å². The summed E-state index contributed by atoms with van der Waals surface area (Å²) in [6.07, 6.45) is 9.18. The molecule has 0 unspecified atom stereocenters. The van der Waals surface area contributed by atoms with Crippen molar-refractivity contribution in [1.29, 1.82) is 0 Å². The summed E-state index contributed by atoms with van der Waals surface area (Å²) >= 11 is 0. The highest BCUT2D eigenvalue weighted by atomic mass is 16.1. The third-order valence-corrected chi connectivity index (χ3v) is 6.25. The Kier molecular flexibility index (Phi) is 6.77. The summed E-state index contributed by atoms with van der Waals surface area (Å²) in [5.74, 6) is -0.154. The van der Waals surface area contributed by atoms with E-state index < -0.39 is 0 Å². The van der Waals surface area contributed by atoms with Crippen molar-refractivity contribution in [2.45, 2.75) is 32.4 Å². The number of likely N-dealkylation sites (tertiary alicyclic amines) is 1. The summed E-state index contributed by atoms with van der Waals surface area (Å²) in [6, 6.07) is 22.1. The number of nitrogens with one attached hydrogen (secondary N) is 1. The van der Waals surface area contributed by atoms with Crippen molar-refractivity contribution in [2.24, 2.45) is 0 Å². The number of hydrogen-bond donors (Lipinski definition) is 1. The second-order valence-corrected chi connectivity index (χ2v) is 8.75. The summed E-state index contributed by atoms with van der Waals surface area (Å²) < 4.78 is 1.74. The van der Waals surface area contributed by atoms with Crippen LogP contribution >= 0.6 is 0 Å². The molecule has 6 nitrogen and oxygen atoms in total. The van der Waals surface area contributed by atoms with Gasteiger partial charge < -0.3 is 5.32 Å². The highest BCUT2D eigenvalue weighted by Gasteiger charge is 2.19. The van der Waals surface area contributed by atoms with Gasteiger partial charge in [-0.3, -0.25) is 14.7 Å². The zero-order valence-electron chi connectivity index (χ0n) is 19.2. The van der Waals surface area contributed by atoms with E-state index in [4.69, 9.17) is 5.10 Å². The van der Waals surface area contributed by atoms with Gasteiger partial charge in [0.15, 0.2) is 0 Å². The average Bonchev–Trinajstić information content (AvgIpc) is 3.36. The molecule has 1 amide bonds. The molecule has 0 aliphatic carbocycles. The van der Waals surface area contributed by atoms with Gasteiger partial charge in [0.25, 0.3) is 5.91 Å². The molecule has 172 valence electrons. The Balaban J connectivity index is 1.30. The van der Waals surface area contributed by atoms with Crippen molar-refractivity contribution in [3.63, 3.8) is 0 Å². The molecule has 0 saturated carbocycles. The third-order valence-electron chi connectivity index (χ3n) is 6.25. The van der Waals surface area contributed by atoms with Crippen LogP contribution in [0.15, 0.2) is 85.3 Å². The van der Waals surface area contributed by atoms with Crippen LogP contribution in [0.5, 0.6) is 0 Å². The maximum atomic E-state index is 13.2. The van der Waals surface area contributed by atoms with Crippen LogP contribution in [0.25, 0.3) is 16.9 Å². The molecule has 0 bridgehead atoms. The molecule has 1 saturated heterocycles. The van der Waals surface area contributed by atoms with Crippen molar-refractivity contribution in [1.82, 2.24) is 25.0 Å². The van der Waals surface area contributed by atoms with Gasteiger partial charge in [0.1, 0.15) is 5.69 Å². The van der Waals surface area contributed by atoms with Gasteiger partial charge in [0, 0.05) is 37.2 Å². The Labute approximate surface area is 200 Å². The first kappa shape index (κ1) is 22.0. The first-order valence-corrected chi connectivity index (χ1v) is 11.9. The maximum Gasteiger partial charge on any atom is 0.255 e. The first-order chi connectivity index (χ1) is 16.8. The van der Waals surface area contributed by atoms with Gasteiger partial charge in [-0.1, -0.05) is 48.9 Å². The Hall–Kier alpha value is -3.77. The van der Waals surface area contributed by atoms with Crippen LogP contribution in [0, 0.1) is 0 Å². The molecule has 2 aromatic carbocycles. The monoisotopic (exact) mass is 451 g/mol. The minimum Gasteiger partial charge on any atom is -0.348 e. The van der Waals surface area contributed by atoms with Gasteiger partial charge in [0.2, 0.25) is 0 Å². The Morgan fingerprint density at radius 3 is 2.38 bits per heavy atom. The second-order valence-electron chi connectivity index (χ2n) is 8.75. The molecule has 4 aromatic rings. The van der Waals surface area contributed by atoms with Crippen molar-refractivity contribution < 1.29 is 4.79 Å². The average molecular weight is 452 g/mol. The van der Waals surface area contributed by atoms with Crippen LogP contribution in [0.3, 0.4) is 0 Å². The highest BCUT2D eigenvalue weighted by Crippen LogP contribution is 2.23. The molecule has 0 radical (unpaired) electrons. The summed E-state index contributed by atoms with van der Waals surface area (Å²) in [4.78, 5) is 19.9. The minimum atomic E-state index is -0.154. The van der Waals surface area contributed by atoms with E-state index in [2.05, 4.69) is 39.5 Å². The van der Waals surface area contributed by atoms with Gasteiger partial charge in [-0.2, -0.15) is 5.10 Å². The number of para-hydroxylation sites is 1. The van der Waals surface area contributed by atoms with E-state index in [1.807, 2.05) is 42.5 Å². The summed E-state index contributed by atoms with van der Waals surface area (Å²) in [6.45, 7) is 3.84. The van der Waals surface area contributed by atoms with Crippen LogP contribution in [0.2, 0.25) is 0 Å². The molecule has 2 aromatic heterocycles. The fraction of sp³-hybridized carbons (Fsp3) is 0.250. The molecule has 1 fully saturated rings. The molecular weight excluding hydrogens is 422 g/mol. The largest absolute Gasteiger partial charge is 0.348 e. The number of amides is 1. The van der Waals surface area contributed by atoms with Gasteiger partial charge >= 0.3 is 0 Å². The van der Waals surface area contributed by atoms with E-state index in [0.29, 0.717) is 17.8 Å². The lowest BCUT2D eigenvalue weighted by Crippen LogP contribution is -2.29. The summed E-state index contributed by atoms with van der Waals surface area (Å²) in [5, 5.41) is 7.77. The molecule has 34 heavy (non-hydrogen) atoms. The van der Waals surface area contributed by atoms with Crippen LogP contribution < -0.4 is 5.32 Å². The number of pyridine rings is 1. The van der Waals surface area contributed by atoms with Gasteiger partial charge in [-0.25, -0.2) is 4.68 Å².